The van der Waals surface area contributed by atoms with Gasteiger partial charge in [0.25, 0.3) is 5.56 Å². The Labute approximate surface area is 159 Å². The summed E-state index contributed by atoms with van der Waals surface area (Å²) in [5, 5.41) is 1.28. The minimum atomic E-state index is -0.347. The highest BCUT2D eigenvalue weighted by Gasteiger charge is 2.29. The van der Waals surface area contributed by atoms with Gasteiger partial charge < -0.3 is 4.74 Å². The van der Waals surface area contributed by atoms with Gasteiger partial charge >= 0.3 is 5.97 Å². The first-order valence-corrected chi connectivity index (χ1v) is 9.45. The van der Waals surface area contributed by atoms with Gasteiger partial charge in [0.15, 0.2) is 5.16 Å². The van der Waals surface area contributed by atoms with Crippen LogP contribution in [0.25, 0.3) is 10.9 Å². The van der Waals surface area contributed by atoms with Crippen LogP contribution in [-0.2, 0) is 16.1 Å². The van der Waals surface area contributed by atoms with E-state index in [2.05, 4.69) is 4.98 Å². The molecule has 1 aromatic heterocycles. The summed E-state index contributed by atoms with van der Waals surface area (Å²) in [5.41, 5.74) is 1.29. The number of hydrogen-bond acceptors (Lipinski definition) is 5. The van der Waals surface area contributed by atoms with E-state index in [4.69, 9.17) is 16.3 Å². The third kappa shape index (κ3) is 3.22. The number of ether oxygens (including phenoxy) is 1. The van der Waals surface area contributed by atoms with Crippen molar-refractivity contribution in [3.8, 4) is 0 Å². The van der Waals surface area contributed by atoms with Crippen molar-refractivity contribution in [1.29, 1.82) is 0 Å². The van der Waals surface area contributed by atoms with Gasteiger partial charge in [-0.25, -0.2) is 4.98 Å². The minimum absolute atomic E-state index is 0.149. The smallest absolute Gasteiger partial charge is 0.319 e. The average Bonchev–Trinajstić information content (AvgIpc) is 3.05. The molecule has 132 valence electrons. The minimum Gasteiger partial charge on any atom is -0.465 e. The maximum absolute atomic E-state index is 13.1. The van der Waals surface area contributed by atoms with E-state index in [-0.39, 0.29) is 16.8 Å². The SMILES string of the molecule is O=C1OCC[C@@H]1Sc1nc2ccccc2c(=O)n1Cc1ccccc1Cl. The van der Waals surface area contributed by atoms with Crippen molar-refractivity contribution in [1.82, 2.24) is 9.55 Å². The molecule has 0 aliphatic carbocycles. The lowest BCUT2D eigenvalue weighted by molar-refractivity contribution is -0.137. The molecule has 1 aliphatic rings. The van der Waals surface area contributed by atoms with Crippen molar-refractivity contribution in [2.24, 2.45) is 0 Å². The molecule has 2 aromatic carbocycles. The summed E-state index contributed by atoms with van der Waals surface area (Å²) >= 11 is 7.55. The molecule has 1 atom stereocenters. The van der Waals surface area contributed by atoms with Gasteiger partial charge in [-0.15, -0.1) is 0 Å². The lowest BCUT2D eigenvalue weighted by Gasteiger charge is -2.15. The number of cyclic esters (lactones) is 1. The first kappa shape index (κ1) is 17.1. The molecule has 7 heteroatoms. The number of benzene rings is 2. The van der Waals surface area contributed by atoms with E-state index in [9.17, 15) is 9.59 Å². The number of rotatable bonds is 4. The number of fused-ring (bicyclic) bond motifs is 1. The van der Waals surface area contributed by atoms with Crippen LogP contribution in [0.2, 0.25) is 5.02 Å². The first-order chi connectivity index (χ1) is 12.6. The van der Waals surface area contributed by atoms with Crippen LogP contribution in [0.15, 0.2) is 58.5 Å². The molecule has 0 bridgehead atoms. The van der Waals surface area contributed by atoms with Gasteiger partial charge in [-0.2, -0.15) is 0 Å². The highest BCUT2D eigenvalue weighted by Crippen LogP contribution is 2.29. The molecular weight excluding hydrogens is 372 g/mol. The van der Waals surface area contributed by atoms with Crippen molar-refractivity contribution >= 4 is 40.2 Å². The molecule has 0 N–H and O–H groups in total. The number of para-hydroxylation sites is 1. The highest BCUT2D eigenvalue weighted by molar-refractivity contribution is 8.00. The molecular formula is C19H15ClN2O3S. The van der Waals surface area contributed by atoms with Gasteiger partial charge in [0, 0.05) is 11.4 Å². The second kappa shape index (κ2) is 7.13. The Bertz CT molecular complexity index is 1050. The van der Waals surface area contributed by atoms with E-state index in [1.54, 1.807) is 22.8 Å². The number of thioether (sulfide) groups is 1. The molecule has 2 heterocycles. The van der Waals surface area contributed by atoms with E-state index in [0.29, 0.717) is 40.7 Å². The van der Waals surface area contributed by atoms with Crippen LogP contribution in [0.5, 0.6) is 0 Å². The Morgan fingerprint density at radius 2 is 1.92 bits per heavy atom. The summed E-state index contributed by atoms with van der Waals surface area (Å²) in [6.07, 6.45) is 0.609. The molecule has 0 unspecified atom stereocenters. The van der Waals surface area contributed by atoms with Gasteiger partial charge in [0.2, 0.25) is 0 Å². The molecule has 5 nitrogen and oxygen atoms in total. The average molecular weight is 387 g/mol. The molecule has 1 fully saturated rings. The Morgan fingerprint density at radius 3 is 2.69 bits per heavy atom. The topological polar surface area (TPSA) is 61.2 Å². The van der Waals surface area contributed by atoms with Crippen LogP contribution in [0.3, 0.4) is 0 Å². The maximum Gasteiger partial charge on any atom is 0.319 e. The zero-order chi connectivity index (χ0) is 18.1. The number of carbonyl (C=O) groups excluding carboxylic acids is 1. The molecule has 3 aromatic rings. The number of aromatic nitrogens is 2. The normalized spacial score (nSPS) is 16.8. The summed E-state index contributed by atoms with van der Waals surface area (Å²) < 4.78 is 6.62. The Morgan fingerprint density at radius 1 is 1.15 bits per heavy atom. The van der Waals surface area contributed by atoms with Crippen LogP contribution in [0.1, 0.15) is 12.0 Å². The number of nitrogens with zero attached hydrogens (tertiary/aromatic N) is 2. The third-order valence-corrected chi connectivity index (χ3v) is 5.85. The Hall–Kier alpha value is -2.31. The van der Waals surface area contributed by atoms with E-state index in [0.717, 1.165) is 5.56 Å². The molecule has 0 spiro atoms. The number of hydrogen-bond donors (Lipinski definition) is 0. The van der Waals surface area contributed by atoms with Gasteiger partial charge in [0.1, 0.15) is 5.25 Å². The number of carbonyl (C=O) groups is 1. The molecule has 1 aliphatic heterocycles. The van der Waals surface area contributed by atoms with Gasteiger partial charge in [-0.05, 0) is 23.8 Å². The van der Waals surface area contributed by atoms with Crippen molar-refractivity contribution in [2.75, 3.05) is 6.61 Å². The van der Waals surface area contributed by atoms with Crippen LogP contribution in [-0.4, -0.2) is 27.4 Å². The second-order valence-electron chi connectivity index (χ2n) is 5.96. The maximum atomic E-state index is 13.1. The van der Waals surface area contributed by atoms with Crippen LogP contribution in [0.4, 0.5) is 0 Å². The number of esters is 1. The molecule has 4 rings (SSSR count). The Kier molecular flexibility index (Phi) is 4.70. The van der Waals surface area contributed by atoms with Crippen LogP contribution >= 0.6 is 23.4 Å². The molecule has 26 heavy (non-hydrogen) atoms. The summed E-state index contributed by atoms with van der Waals surface area (Å²) in [7, 11) is 0. The predicted molar refractivity (Wildman–Crippen MR) is 102 cm³/mol. The summed E-state index contributed by atoms with van der Waals surface area (Å²) in [5.74, 6) is -0.262. The molecule has 0 radical (unpaired) electrons. The third-order valence-electron chi connectivity index (χ3n) is 4.25. The quantitative estimate of drug-likeness (QED) is 0.507. The van der Waals surface area contributed by atoms with Crippen molar-refractivity contribution in [3.63, 3.8) is 0 Å². The lowest BCUT2D eigenvalue weighted by atomic mass is 10.2. The van der Waals surface area contributed by atoms with Gasteiger partial charge in [-0.1, -0.05) is 53.7 Å². The van der Waals surface area contributed by atoms with E-state index < -0.39 is 0 Å². The zero-order valence-electron chi connectivity index (χ0n) is 13.7. The summed E-state index contributed by atoms with van der Waals surface area (Å²) in [6.45, 7) is 0.694. The fourth-order valence-electron chi connectivity index (χ4n) is 2.89. The molecule has 0 amide bonds. The monoisotopic (exact) mass is 386 g/mol. The van der Waals surface area contributed by atoms with Crippen molar-refractivity contribution < 1.29 is 9.53 Å². The fraction of sp³-hybridized carbons (Fsp3) is 0.211. The second-order valence-corrected chi connectivity index (χ2v) is 7.53. The highest BCUT2D eigenvalue weighted by atomic mass is 35.5. The largest absolute Gasteiger partial charge is 0.465 e. The number of halogens is 1. The standard InChI is InChI=1S/C19H15ClN2O3S/c20-14-7-3-1-5-12(14)11-22-17(23)13-6-2-4-8-15(13)21-19(22)26-16-9-10-25-18(16)24/h1-8,16H,9-11H2/t16-/m0/s1. The van der Waals surface area contributed by atoms with Gasteiger partial charge in [0.05, 0.1) is 24.1 Å². The van der Waals surface area contributed by atoms with Crippen molar-refractivity contribution in [2.45, 2.75) is 23.4 Å². The van der Waals surface area contributed by atoms with Crippen LogP contribution in [0, 0.1) is 0 Å². The lowest BCUT2D eigenvalue weighted by Crippen LogP contribution is -2.25. The zero-order valence-corrected chi connectivity index (χ0v) is 15.3. The summed E-state index contributed by atoms with van der Waals surface area (Å²) in [6, 6.07) is 14.6. The molecule has 0 saturated carbocycles. The van der Waals surface area contributed by atoms with Gasteiger partial charge in [-0.3, -0.25) is 14.2 Å². The van der Waals surface area contributed by atoms with E-state index in [1.165, 1.54) is 11.8 Å². The molecule has 1 saturated heterocycles. The Balaban J connectivity index is 1.83. The van der Waals surface area contributed by atoms with E-state index in [1.807, 2.05) is 30.3 Å². The first-order valence-electron chi connectivity index (χ1n) is 8.20. The van der Waals surface area contributed by atoms with Crippen LogP contribution < -0.4 is 5.56 Å². The van der Waals surface area contributed by atoms with E-state index >= 15 is 0 Å². The fourth-order valence-corrected chi connectivity index (χ4v) is 4.14. The summed E-state index contributed by atoms with van der Waals surface area (Å²) in [4.78, 5) is 29.6. The predicted octanol–water partition coefficient (Wildman–Crippen LogP) is 3.51. The van der Waals surface area contributed by atoms with Crippen molar-refractivity contribution in [3.05, 3.63) is 69.5 Å².